The molecule has 0 aliphatic rings. The average Bonchev–Trinajstić information content (AvgIpc) is 2.34. The van der Waals surface area contributed by atoms with Crippen LogP contribution in [0.5, 0.6) is 0 Å². The molecule has 0 saturated heterocycles. The molecule has 0 aliphatic heterocycles. The van der Waals surface area contributed by atoms with Crippen molar-refractivity contribution in [3.63, 3.8) is 0 Å². The van der Waals surface area contributed by atoms with Gasteiger partial charge in [-0.3, -0.25) is 4.79 Å². The SMILES string of the molecule is CC(C)OCCCCNCCn1ccccc1=O. The predicted molar refractivity (Wildman–Crippen MR) is 73.9 cm³/mol. The van der Waals surface area contributed by atoms with E-state index in [9.17, 15) is 4.79 Å². The number of nitrogens with one attached hydrogen (secondary N) is 1. The third-order valence-corrected chi connectivity index (χ3v) is 2.63. The average molecular weight is 252 g/mol. The molecule has 0 radical (unpaired) electrons. The van der Waals surface area contributed by atoms with Crippen molar-refractivity contribution in [1.82, 2.24) is 9.88 Å². The highest BCUT2D eigenvalue weighted by atomic mass is 16.5. The van der Waals surface area contributed by atoms with E-state index in [0.29, 0.717) is 6.10 Å². The molecule has 1 N–H and O–H groups in total. The molecule has 0 saturated carbocycles. The first-order valence-corrected chi connectivity index (χ1v) is 6.68. The Labute approximate surface area is 109 Å². The van der Waals surface area contributed by atoms with Gasteiger partial charge in [0.05, 0.1) is 6.10 Å². The number of rotatable bonds is 9. The summed E-state index contributed by atoms with van der Waals surface area (Å²) in [5.41, 5.74) is 0.0598. The van der Waals surface area contributed by atoms with E-state index in [4.69, 9.17) is 4.74 Å². The highest BCUT2D eigenvalue weighted by Crippen LogP contribution is 1.93. The molecular weight excluding hydrogens is 228 g/mol. The minimum Gasteiger partial charge on any atom is -0.379 e. The second-order valence-electron chi connectivity index (χ2n) is 4.61. The first-order valence-electron chi connectivity index (χ1n) is 6.68. The van der Waals surface area contributed by atoms with E-state index < -0.39 is 0 Å². The van der Waals surface area contributed by atoms with Crippen LogP contribution in [0.25, 0.3) is 0 Å². The van der Waals surface area contributed by atoms with Crippen molar-refractivity contribution in [1.29, 1.82) is 0 Å². The fourth-order valence-electron chi connectivity index (χ4n) is 1.64. The van der Waals surface area contributed by atoms with Gasteiger partial charge in [0.1, 0.15) is 0 Å². The Morgan fingerprint density at radius 2 is 2.11 bits per heavy atom. The molecule has 1 aromatic heterocycles. The van der Waals surface area contributed by atoms with Crippen LogP contribution in [0.2, 0.25) is 0 Å². The van der Waals surface area contributed by atoms with Crippen molar-refractivity contribution >= 4 is 0 Å². The fraction of sp³-hybridized carbons (Fsp3) is 0.643. The lowest BCUT2D eigenvalue weighted by Gasteiger charge is -2.08. The lowest BCUT2D eigenvalue weighted by molar-refractivity contribution is 0.0760. The van der Waals surface area contributed by atoms with E-state index in [-0.39, 0.29) is 5.56 Å². The van der Waals surface area contributed by atoms with E-state index in [1.165, 1.54) is 0 Å². The minimum absolute atomic E-state index is 0.0598. The number of pyridine rings is 1. The van der Waals surface area contributed by atoms with E-state index in [2.05, 4.69) is 19.2 Å². The zero-order chi connectivity index (χ0) is 13.2. The van der Waals surface area contributed by atoms with Crippen LogP contribution in [-0.2, 0) is 11.3 Å². The first kappa shape index (κ1) is 14.9. The monoisotopic (exact) mass is 252 g/mol. The Balaban J connectivity index is 1.99. The summed E-state index contributed by atoms with van der Waals surface area (Å²) in [5, 5.41) is 3.33. The Bertz CT molecular complexity index is 374. The minimum atomic E-state index is 0.0598. The molecule has 0 aromatic carbocycles. The Morgan fingerprint density at radius 1 is 1.28 bits per heavy atom. The molecule has 0 fully saturated rings. The van der Waals surface area contributed by atoms with Crippen LogP contribution in [0.1, 0.15) is 26.7 Å². The summed E-state index contributed by atoms with van der Waals surface area (Å²) in [6, 6.07) is 5.23. The van der Waals surface area contributed by atoms with Crippen LogP contribution in [0.3, 0.4) is 0 Å². The molecule has 1 aromatic rings. The van der Waals surface area contributed by atoms with E-state index >= 15 is 0 Å². The van der Waals surface area contributed by atoms with Crippen LogP contribution in [0, 0.1) is 0 Å². The molecule has 0 aliphatic carbocycles. The smallest absolute Gasteiger partial charge is 0.250 e. The maximum Gasteiger partial charge on any atom is 0.250 e. The molecule has 0 atom stereocenters. The molecule has 1 rings (SSSR count). The molecule has 18 heavy (non-hydrogen) atoms. The molecule has 4 nitrogen and oxygen atoms in total. The van der Waals surface area contributed by atoms with Crippen molar-refractivity contribution in [3.05, 3.63) is 34.7 Å². The fourth-order valence-corrected chi connectivity index (χ4v) is 1.64. The third-order valence-electron chi connectivity index (χ3n) is 2.63. The molecule has 0 unspecified atom stereocenters. The van der Waals surface area contributed by atoms with Gasteiger partial charge >= 0.3 is 0 Å². The quantitative estimate of drug-likeness (QED) is 0.680. The first-order chi connectivity index (χ1) is 8.70. The number of ether oxygens (including phenoxy) is 1. The summed E-state index contributed by atoms with van der Waals surface area (Å²) >= 11 is 0. The van der Waals surface area contributed by atoms with Crippen LogP contribution < -0.4 is 10.9 Å². The van der Waals surface area contributed by atoms with Gasteiger partial charge in [-0.25, -0.2) is 0 Å². The van der Waals surface area contributed by atoms with Gasteiger partial charge in [-0.2, -0.15) is 0 Å². The van der Waals surface area contributed by atoms with Gasteiger partial charge in [0, 0.05) is 32.0 Å². The molecular formula is C14H24N2O2. The van der Waals surface area contributed by atoms with Gasteiger partial charge in [0.2, 0.25) is 0 Å². The lowest BCUT2D eigenvalue weighted by atomic mass is 10.3. The standard InChI is InChI=1S/C14H24N2O2/c1-13(2)18-12-6-4-8-15-9-11-16-10-5-3-7-14(16)17/h3,5,7,10,13,15H,4,6,8-9,11-12H2,1-2H3. The largest absolute Gasteiger partial charge is 0.379 e. The predicted octanol–water partition coefficient (Wildman–Crippen LogP) is 1.64. The topological polar surface area (TPSA) is 43.3 Å². The molecule has 1 heterocycles. The summed E-state index contributed by atoms with van der Waals surface area (Å²) in [5.74, 6) is 0. The van der Waals surface area contributed by atoms with Crippen molar-refractivity contribution in [3.8, 4) is 0 Å². The van der Waals surface area contributed by atoms with Gasteiger partial charge in [0.25, 0.3) is 5.56 Å². The second-order valence-corrected chi connectivity index (χ2v) is 4.61. The van der Waals surface area contributed by atoms with Gasteiger partial charge in [0.15, 0.2) is 0 Å². The molecule has 4 heteroatoms. The van der Waals surface area contributed by atoms with Crippen molar-refractivity contribution in [2.45, 2.75) is 39.3 Å². The number of unbranched alkanes of at least 4 members (excludes halogenated alkanes) is 1. The molecule has 0 amide bonds. The Hall–Kier alpha value is -1.13. The van der Waals surface area contributed by atoms with Gasteiger partial charge < -0.3 is 14.6 Å². The highest BCUT2D eigenvalue weighted by Gasteiger charge is 1.95. The number of hydrogen-bond donors (Lipinski definition) is 1. The van der Waals surface area contributed by atoms with Crippen molar-refractivity contribution in [2.75, 3.05) is 19.7 Å². The Morgan fingerprint density at radius 3 is 2.83 bits per heavy atom. The van der Waals surface area contributed by atoms with Gasteiger partial charge in [-0.15, -0.1) is 0 Å². The number of nitrogens with zero attached hydrogens (tertiary/aromatic N) is 1. The van der Waals surface area contributed by atoms with Gasteiger partial charge in [-0.1, -0.05) is 6.07 Å². The third kappa shape index (κ3) is 6.57. The maximum atomic E-state index is 11.4. The highest BCUT2D eigenvalue weighted by molar-refractivity contribution is 4.93. The number of hydrogen-bond acceptors (Lipinski definition) is 3. The van der Waals surface area contributed by atoms with Crippen LogP contribution in [0.15, 0.2) is 29.2 Å². The summed E-state index contributed by atoms with van der Waals surface area (Å²) in [6.07, 6.45) is 4.33. The summed E-state index contributed by atoms with van der Waals surface area (Å²) in [7, 11) is 0. The second kappa shape index (κ2) is 8.89. The maximum absolute atomic E-state index is 11.4. The molecule has 0 bridgehead atoms. The van der Waals surface area contributed by atoms with E-state index in [1.807, 2.05) is 12.3 Å². The van der Waals surface area contributed by atoms with E-state index in [1.54, 1.807) is 16.7 Å². The van der Waals surface area contributed by atoms with Crippen LogP contribution >= 0.6 is 0 Å². The summed E-state index contributed by atoms with van der Waals surface area (Å²) in [6.45, 7) is 7.46. The van der Waals surface area contributed by atoms with Gasteiger partial charge in [-0.05, 0) is 39.3 Å². The number of aromatic nitrogens is 1. The van der Waals surface area contributed by atoms with Crippen molar-refractivity contribution in [2.24, 2.45) is 0 Å². The van der Waals surface area contributed by atoms with Crippen molar-refractivity contribution < 1.29 is 4.74 Å². The Kier molecular flexibility index (Phi) is 7.37. The molecule has 102 valence electrons. The zero-order valence-corrected chi connectivity index (χ0v) is 11.4. The summed E-state index contributed by atoms with van der Waals surface area (Å²) < 4.78 is 7.18. The lowest BCUT2D eigenvalue weighted by Crippen LogP contribution is -2.26. The normalized spacial score (nSPS) is 11.1. The van der Waals surface area contributed by atoms with Crippen LogP contribution in [-0.4, -0.2) is 30.4 Å². The van der Waals surface area contributed by atoms with Crippen LogP contribution in [0.4, 0.5) is 0 Å². The zero-order valence-electron chi connectivity index (χ0n) is 11.4. The molecule has 0 spiro atoms. The van der Waals surface area contributed by atoms with E-state index in [0.717, 1.165) is 39.1 Å². The summed E-state index contributed by atoms with van der Waals surface area (Å²) in [4.78, 5) is 11.4.